The highest BCUT2D eigenvalue weighted by atomic mass is 19.3. The van der Waals surface area contributed by atoms with Crippen molar-refractivity contribution >= 4 is 0 Å². The lowest BCUT2D eigenvalue weighted by Gasteiger charge is -2.16. The number of methoxy groups -OCH3 is 3. The summed E-state index contributed by atoms with van der Waals surface area (Å²) in [4.78, 5) is 0. The molecular weight excluding hydrogens is 272 g/mol. The Balaban J connectivity index is 2.81. The zero-order valence-electron chi connectivity index (χ0n) is 11.7. The fraction of sp³-hybridized carbons (Fsp3) is 0.538. The molecule has 0 spiro atoms. The number of benzene rings is 1. The molecule has 0 aliphatic rings. The molecule has 0 saturated heterocycles. The molecule has 0 aliphatic heterocycles. The number of aliphatic hydroxyl groups is 1. The van der Waals surface area contributed by atoms with Crippen LogP contribution in [0.25, 0.3) is 0 Å². The van der Waals surface area contributed by atoms with Crippen LogP contribution in [0.1, 0.15) is 5.56 Å². The van der Waals surface area contributed by atoms with Gasteiger partial charge in [-0.1, -0.05) is 0 Å². The van der Waals surface area contributed by atoms with Gasteiger partial charge in [0.15, 0.2) is 11.5 Å². The van der Waals surface area contributed by atoms with E-state index in [-0.39, 0.29) is 6.54 Å². The monoisotopic (exact) mass is 291 g/mol. The number of hydrogen-bond donors (Lipinski definition) is 2. The minimum Gasteiger partial charge on any atom is -0.493 e. The van der Waals surface area contributed by atoms with Gasteiger partial charge in [-0.3, -0.25) is 0 Å². The summed E-state index contributed by atoms with van der Waals surface area (Å²) in [5.74, 6) is -1.78. The van der Waals surface area contributed by atoms with Gasteiger partial charge in [0, 0.05) is 6.54 Å². The van der Waals surface area contributed by atoms with Gasteiger partial charge >= 0.3 is 0 Å². The first-order chi connectivity index (χ1) is 9.47. The Bertz CT molecular complexity index is 415. The molecule has 5 nitrogen and oxygen atoms in total. The molecule has 20 heavy (non-hydrogen) atoms. The van der Waals surface area contributed by atoms with E-state index in [2.05, 4.69) is 5.32 Å². The van der Waals surface area contributed by atoms with E-state index < -0.39 is 19.1 Å². The lowest BCUT2D eigenvalue weighted by Crippen LogP contribution is -2.35. The van der Waals surface area contributed by atoms with Crippen LogP contribution in [0.15, 0.2) is 12.1 Å². The number of halogens is 2. The van der Waals surface area contributed by atoms with Gasteiger partial charge in [0.2, 0.25) is 5.75 Å². The van der Waals surface area contributed by atoms with Crippen LogP contribution in [0.2, 0.25) is 0 Å². The van der Waals surface area contributed by atoms with Gasteiger partial charge in [-0.15, -0.1) is 0 Å². The second kappa shape index (κ2) is 7.25. The predicted octanol–water partition coefficient (Wildman–Crippen LogP) is 1.43. The SMILES string of the molecule is COc1cc(CNCC(F)(F)CO)cc(OC)c1OC. The third kappa shape index (κ3) is 4.21. The van der Waals surface area contributed by atoms with Gasteiger partial charge in [0.1, 0.15) is 6.61 Å². The summed E-state index contributed by atoms with van der Waals surface area (Å²) in [6.07, 6.45) is 0. The normalized spacial score (nSPS) is 11.3. The van der Waals surface area contributed by atoms with Crippen molar-refractivity contribution in [2.45, 2.75) is 12.5 Å². The summed E-state index contributed by atoms with van der Waals surface area (Å²) in [6, 6.07) is 3.34. The van der Waals surface area contributed by atoms with E-state index in [1.54, 1.807) is 12.1 Å². The van der Waals surface area contributed by atoms with Crippen LogP contribution in [0.3, 0.4) is 0 Å². The smallest absolute Gasteiger partial charge is 0.282 e. The molecule has 2 N–H and O–H groups in total. The maximum absolute atomic E-state index is 12.9. The van der Waals surface area contributed by atoms with E-state index in [0.29, 0.717) is 22.8 Å². The molecule has 0 fully saturated rings. The Morgan fingerprint density at radius 2 is 1.65 bits per heavy atom. The lowest BCUT2D eigenvalue weighted by atomic mass is 10.1. The van der Waals surface area contributed by atoms with E-state index in [1.807, 2.05) is 0 Å². The largest absolute Gasteiger partial charge is 0.493 e. The molecule has 7 heteroatoms. The first kappa shape index (κ1) is 16.5. The Kier molecular flexibility index (Phi) is 5.97. The third-order valence-electron chi connectivity index (χ3n) is 2.67. The topological polar surface area (TPSA) is 60.0 Å². The molecule has 0 saturated carbocycles. The highest BCUT2D eigenvalue weighted by Gasteiger charge is 2.26. The lowest BCUT2D eigenvalue weighted by molar-refractivity contribution is -0.0477. The first-order valence-corrected chi connectivity index (χ1v) is 5.95. The van der Waals surface area contributed by atoms with Crippen molar-refractivity contribution in [3.8, 4) is 17.2 Å². The molecule has 0 radical (unpaired) electrons. The van der Waals surface area contributed by atoms with Crippen LogP contribution in [0.4, 0.5) is 8.78 Å². The Morgan fingerprint density at radius 1 is 1.10 bits per heavy atom. The van der Waals surface area contributed by atoms with Gasteiger partial charge in [0.25, 0.3) is 5.92 Å². The fourth-order valence-electron chi connectivity index (χ4n) is 1.68. The maximum atomic E-state index is 12.9. The van der Waals surface area contributed by atoms with Crippen molar-refractivity contribution in [3.63, 3.8) is 0 Å². The summed E-state index contributed by atoms with van der Waals surface area (Å²) < 4.78 is 41.3. The summed E-state index contributed by atoms with van der Waals surface area (Å²) in [5, 5.41) is 11.0. The van der Waals surface area contributed by atoms with Crippen LogP contribution in [0, 0.1) is 0 Å². The predicted molar refractivity (Wildman–Crippen MR) is 69.8 cm³/mol. The van der Waals surface area contributed by atoms with E-state index in [4.69, 9.17) is 19.3 Å². The van der Waals surface area contributed by atoms with Gasteiger partial charge in [-0.05, 0) is 17.7 Å². The van der Waals surface area contributed by atoms with Gasteiger partial charge in [-0.25, -0.2) is 8.78 Å². The minimum absolute atomic E-state index is 0.187. The Labute approximate surface area is 116 Å². The van der Waals surface area contributed by atoms with Crippen molar-refractivity contribution in [1.82, 2.24) is 5.32 Å². The van der Waals surface area contributed by atoms with E-state index in [9.17, 15) is 8.78 Å². The molecule has 0 unspecified atom stereocenters. The number of hydrogen-bond acceptors (Lipinski definition) is 5. The van der Waals surface area contributed by atoms with Crippen LogP contribution < -0.4 is 19.5 Å². The number of ether oxygens (including phenoxy) is 3. The molecule has 0 heterocycles. The van der Waals surface area contributed by atoms with Gasteiger partial charge in [-0.2, -0.15) is 0 Å². The summed E-state index contributed by atoms with van der Waals surface area (Å²) in [7, 11) is 4.45. The Morgan fingerprint density at radius 3 is 2.05 bits per heavy atom. The minimum atomic E-state index is -3.14. The molecule has 1 aromatic rings. The molecule has 1 aromatic carbocycles. The van der Waals surface area contributed by atoms with Crippen molar-refractivity contribution in [2.24, 2.45) is 0 Å². The van der Waals surface area contributed by atoms with Crippen molar-refractivity contribution < 1.29 is 28.1 Å². The van der Waals surface area contributed by atoms with Crippen LogP contribution in [-0.4, -0.2) is 45.5 Å². The highest BCUT2D eigenvalue weighted by molar-refractivity contribution is 5.53. The van der Waals surface area contributed by atoms with E-state index in [1.165, 1.54) is 21.3 Å². The molecule has 0 bridgehead atoms. The molecule has 1 rings (SSSR count). The van der Waals surface area contributed by atoms with Crippen molar-refractivity contribution in [3.05, 3.63) is 17.7 Å². The van der Waals surface area contributed by atoms with Crippen LogP contribution in [-0.2, 0) is 6.54 Å². The fourth-order valence-corrected chi connectivity index (χ4v) is 1.68. The molecular formula is C13H19F2NO4. The van der Waals surface area contributed by atoms with Crippen LogP contribution >= 0.6 is 0 Å². The number of aliphatic hydroxyl groups excluding tert-OH is 1. The van der Waals surface area contributed by atoms with Crippen molar-refractivity contribution in [1.29, 1.82) is 0 Å². The van der Waals surface area contributed by atoms with Crippen LogP contribution in [0.5, 0.6) is 17.2 Å². The summed E-state index contributed by atoms with van der Waals surface area (Å²) in [6.45, 7) is -1.61. The molecule has 0 amide bonds. The quantitative estimate of drug-likeness (QED) is 0.759. The number of alkyl halides is 2. The second-order valence-electron chi connectivity index (χ2n) is 4.15. The second-order valence-corrected chi connectivity index (χ2v) is 4.15. The summed E-state index contributed by atoms with van der Waals surface area (Å²) in [5.41, 5.74) is 0.702. The number of rotatable bonds is 8. The van der Waals surface area contributed by atoms with Gasteiger partial charge < -0.3 is 24.6 Å². The molecule has 0 aromatic heterocycles. The Hall–Kier alpha value is -1.60. The summed E-state index contributed by atoms with van der Waals surface area (Å²) >= 11 is 0. The molecule has 0 aliphatic carbocycles. The average Bonchev–Trinajstić information content (AvgIpc) is 2.45. The van der Waals surface area contributed by atoms with E-state index >= 15 is 0 Å². The van der Waals surface area contributed by atoms with Gasteiger partial charge in [0.05, 0.1) is 27.9 Å². The zero-order valence-corrected chi connectivity index (χ0v) is 11.7. The molecule has 114 valence electrons. The highest BCUT2D eigenvalue weighted by Crippen LogP contribution is 2.38. The molecule has 0 atom stereocenters. The van der Waals surface area contributed by atoms with E-state index in [0.717, 1.165) is 0 Å². The zero-order chi connectivity index (χ0) is 15.2. The first-order valence-electron chi connectivity index (χ1n) is 5.95. The number of nitrogens with one attached hydrogen (secondary N) is 1. The maximum Gasteiger partial charge on any atom is 0.282 e. The third-order valence-corrected chi connectivity index (χ3v) is 2.67. The van der Waals surface area contributed by atoms with Crippen molar-refractivity contribution in [2.75, 3.05) is 34.5 Å². The standard InChI is InChI=1S/C13H19F2NO4/c1-18-10-4-9(5-11(19-2)12(10)20-3)6-16-7-13(14,15)8-17/h4-5,16-17H,6-8H2,1-3H3. The average molecular weight is 291 g/mol.